The molecule has 0 aliphatic carbocycles. The van der Waals surface area contributed by atoms with Crippen molar-refractivity contribution in [3.8, 4) is 0 Å². The van der Waals surface area contributed by atoms with Crippen molar-refractivity contribution >= 4 is 5.69 Å². The van der Waals surface area contributed by atoms with Gasteiger partial charge in [-0.15, -0.1) is 0 Å². The molecule has 0 radical (unpaired) electrons. The van der Waals surface area contributed by atoms with Gasteiger partial charge < -0.3 is 10.1 Å². The second-order valence-electron chi connectivity index (χ2n) is 5.27. The number of para-hydroxylation sites is 1. The van der Waals surface area contributed by atoms with Crippen LogP contribution in [0.4, 0.5) is 5.69 Å². The lowest BCUT2D eigenvalue weighted by Gasteiger charge is -2.30. The molecular formula is C15H22N2O3. The topological polar surface area (TPSA) is 64.4 Å². The van der Waals surface area contributed by atoms with Gasteiger partial charge in [0.15, 0.2) is 0 Å². The summed E-state index contributed by atoms with van der Waals surface area (Å²) in [7, 11) is 0. The molecule has 0 amide bonds. The largest absolute Gasteiger partial charge is 0.378 e. The predicted molar refractivity (Wildman–Crippen MR) is 77.6 cm³/mol. The van der Waals surface area contributed by atoms with Gasteiger partial charge in [-0.1, -0.05) is 31.5 Å². The first kappa shape index (κ1) is 14.9. The summed E-state index contributed by atoms with van der Waals surface area (Å²) in [6, 6.07) is 7.30. The number of nitro benzene ring substituents is 1. The van der Waals surface area contributed by atoms with E-state index < -0.39 is 0 Å². The highest BCUT2D eigenvalue weighted by Gasteiger charge is 2.22. The maximum atomic E-state index is 11.0. The van der Waals surface area contributed by atoms with Gasteiger partial charge in [0.1, 0.15) is 0 Å². The number of ether oxygens (including phenoxy) is 1. The van der Waals surface area contributed by atoms with Crippen molar-refractivity contribution in [2.45, 2.75) is 51.3 Å². The molecular weight excluding hydrogens is 256 g/mol. The monoisotopic (exact) mass is 278 g/mol. The second kappa shape index (κ2) is 7.36. The third-order valence-corrected chi connectivity index (χ3v) is 3.75. The zero-order valence-electron chi connectivity index (χ0n) is 11.9. The Morgan fingerprint density at radius 1 is 1.45 bits per heavy atom. The van der Waals surface area contributed by atoms with E-state index in [4.69, 9.17) is 4.74 Å². The van der Waals surface area contributed by atoms with E-state index in [0.717, 1.165) is 37.9 Å². The summed E-state index contributed by atoms with van der Waals surface area (Å²) >= 11 is 0. The molecule has 2 rings (SSSR count). The molecule has 1 fully saturated rings. The third-order valence-electron chi connectivity index (χ3n) is 3.75. The fraction of sp³-hybridized carbons (Fsp3) is 0.600. The minimum Gasteiger partial charge on any atom is -0.378 e. The normalized spacial score (nSPS) is 22.6. The maximum Gasteiger partial charge on any atom is 0.273 e. The fourth-order valence-corrected chi connectivity index (χ4v) is 2.68. The zero-order chi connectivity index (χ0) is 14.4. The first-order valence-electron chi connectivity index (χ1n) is 7.28. The van der Waals surface area contributed by atoms with Crippen molar-refractivity contribution in [2.24, 2.45) is 0 Å². The van der Waals surface area contributed by atoms with E-state index in [9.17, 15) is 10.1 Å². The first-order chi connectivity index (χ1) is 9.70. The van der Waals surface area contributed by atoms with Gasteiger partial charge >= 0.3 is 0 Å². The maximum absolute atomic E-state index is 11.0. The highest BCUT2D eigenvalue weighted by Crippen LogP contribution is 2.20. The summed E-state index contributed by atoms with van der Waals surface area (Å²) in [5.74, 6) is 0. The van der Waals surface area contributed by atoms with Crippen LogP contribution in [0.3, 0.4) is 0 Å². The van der Waals surface area contributed by atoms with E-state index >= 15 is 0 Å². The van der Waals surface area contributed by atoms with Crippen molar-refractivity contribution < 1.29 is 9.66 Å². The number of hydrogen-bond donors (Lipinski definition) is 1. The minimum absolute atomic E-state index is 0.192. The molecule has 1 aliphatic heterocycles. The molecule has 110 valence electrons. The van der Waals surface area contributed by atoms with Gasteiger partial charge in [-0.25, -0.2) is 0 Å². The predicted octanol–water partition coefficient (Wildman–Crippen LogP) is 3.03. The molecule has 1 aromatic carbocycles. The number of nitrogens with one attached hydrogen (secondary N) is 1. The van der Waals surface area contributed by atoms with E-state index in [1.54, 1.807) is 12.1 Å². The average Bonchev–Trinajstić information content (AvgIpc) is 2.46. The second-order valence-corrected chi connectivity index (χ2v) is 5.27. The fourth-order valence-electron chi connectivity index (χ4n) is 2.68. The third kappa shape index (κ3) is 4.02. The van der Waals surface area contributed by atoms with E-state index in [1.165, 1.54) is 0 Å². The summed E-state index contributed by atoms with van der Waals surface area (Å²) in [4.78, 5) is 10.6. The van der Waals surface area contributed by atoms with Crippen molar-refractivity contribution in [3.63, 3.8) is 0 Å². The molecule has 1 aliphatic rings. The van der Waals surface area contributed by atoms with Gasteiger partial charge in [0.2, 0.25) is 0 Å². The van der Waals surface area contributed by atoms with Crippen LogP contribution in [0.5, 0.6) is 0 Å². The van der Waals surface area contributed by atoms with Crippen LogP contribution in [0.25, 0.3) is 0 Å². The zero-order valence-corrected chi connectivity index (χ0v) is 11.9. The van der Waals surface area contributed by atoms with Gasteiger partial charge in [-0.3, -0.25) is 10.1 Å². The summed E-state index contributed by atoms with van der Waals surface area (Å²) < 4.78 is 5.71. The lowest BCUT2D eigenvalue weighted by Crippen LogP contribution is -2.38. The molecule has 0 bridgehead atoms. The summed E-state index contributed by atoms with van der Waals surface area (Å²) in [5, 5.41) is 14.4. The van der Waals surface area contributed by atoms with E-state index in [1.807, 2.05) is 12.1 Å². The van der Waals surface area contributed by atoms with Gasteiger partial charge in [0.05, 0.1) is 11.0 Å². The number of nitrogens with zero attached hydrogens (tertiary/aromatic N) is 1. The Kier molecular flexibility index (Phi) is 5.49. The van der Waals surface area contributed by atoms with Crippen LogP contribution in [0.1, 0.15) is 38.2 Å². The Balaban J connectivity index is 1.90. The number of hydrogen-bond acceptors (Lipinski definition) is 4. The van der Waals surface area contributed by atoms with Crippen LogP contribution in [0.2, 0.25) is 0 Å². The Hall–Kier alpha value is -1.46. The number of benzene rings is 1. The van der Waals surface area contributed by atoms with Crippen LogP contribution in [-0.4, -0.2) is 23.7 Å². The molecule has 2 atom stereocenters. The van der Waals surface area contributed by atoms with Crippen molar-refractivity contribution in [1.82, 2.24) is 5.32 Å². The highest BCUT2D eigenvalue weighted by molar-refractivity contribution is 5.39. The Bertz CT molecular complexity index is 448. The van der Waals surface area contributed by atoms with E-state index in [0.29, 0.717) is 18.7 Å². The highest BCUT2D eigenvalue weighted by atomic mass is 16.6. The first-order valence-corrected chi connectivity index (χ1v) is 7.28. The average molecular weight is 278 g/mol. The van der Waals surface area contributed by atoms with Crippen molar-refractivity contribution in [2.75, 3.05) is 6.61 Å². The van der Waals surface area contributed by atoms with Crippen LogP contribution in [-0.2, 0) is 11.3 Å². The van der Waals surface area contributed by atoms with Crippen molar-refractivity contribution in [1.29, 1.82) is 0 Å². The van der Waals surface area contributed by atoms with E-state index in [-0.39, 0.29) is 10.6 Å². The van der Waals surface area contributed by atoms with Crippen LogP contribution in [0.15, 0.2) is 24.3 Å². The van der Waals surface area contributed by atoms with Gasteiger partial charge in [-0.2, -0.15) is 0 Å². The quantitative estimate of drug-likeness (QED) is 0.641. The SMILES string of the molecule is CCCC1CC(NCc2ccccc2[N+](=O)[O-])CCO1. The Morgan fingerprint density at radius 2 is 2.25 bits per heavy atom. The molecule has 2 unspecified atom stereocenters. The molecule has 0 saturated carbocycles. The molecule has 1 N–H and O–H groups in total. The Labute approximate surface area is 119 Å². The summed E-state index contributed by atoms with van der Waals surface area (Å²) in [6.07, 6.45) is 4.51. The smallest absolute Gasteiger partial charge is 0.273 e. The van der Waals surface area contributed by atoms with E-state index in [2.05, 4.69) is 12.2 Å². The minimum atomic E-state index is -0.319. The molecule has 1 aromatic rings. The molecule has 5 heteroatoms. The molecule has 20 heavy (non-hydrogen) atoms. The van der Waals surface area contributed by atoms with Gasteiger partial charge in [0.25, 0.3) is 5.69 Å². The standard InChI is InChI=1S/C15H22N2O3/c1-2-5-14-10-13(8-9-20-14)16-11-12-6-3-4-7-15(12)17(18)19/h3-4,6-7,13-14,16H,2,5,8-11H2,1H3. The van der Waals surface area contributed by atoms with Crippen LogP contribution >= 0.6 is 0 Å². The van der Waals surface area contributed by atoms with Gasteiger partial charge in [-0.05, 0) is 19.3 Å². The Morgan fingerprint density at radius 3 is 3.00 bits per heavy atom. The van der Waals surface area contributed by atoms with Crippen LogP contribution < -0.4 is 5.32 Å². The summed E-state index contributed by atoms with van der Waals surface area (Å²) in [5.41, 5.74) is 0.938. The number of rotatable bonds is 6. The van der Waals surface area contributed by atoms with Crippen molar-refractivity contribution in [3.05, 3.63) is 39.9 Å². The molecule has 5 nitrogen and oxygen atoms in total. The van der Waals surface area contributed by atoms with Crippen LogP contribution in [0, 0.1) is 10.1 Å². The van der Waals surface area contributed by atoms with Gasteiger partial charge in [0, 0.05) is 30.8 Å². The molecule has 0 spiro atoms. The molecule has 0 aromatic heterocycles. The molecule has 1 saturated heterocycles. The number of nitro groups is 1. The lowest BCUT2D eigenvalue weighted by molar-refractivity contribution is -0.385. The molecule has 1 heterocycles. The summed E-state index contributed by atoms with van der Waals surface area (Å²) in [6.45, 7) is 3.48. The lowest BCUT2D eigenvalue weighted by atomic mass is 10.00.